The molecule has 1 aliphatic heterocycles. The van der Waals surface area contributed by atoms with Gasteiger partial charge in [0.2, 0.25) is 5.91 Å². The van der Waals surface area contributed by atoms with Crippen LogP contribution in [0.15, 0.2) is 30.5 Å². The number of amides is 2. The van der Waals surface area contributed by atoms with Gasteiger partial charge in [-0.3, -0.25) is 19.5 Å². The van der Waals surface area contributed by atoms with E-state index in [9.17, 15) is 9.59 Å². The number of rotatable bonds is 5. The Hall–Kier alpha value is -2.18. The number of pyridine rings is 1. The van der Waals surface area contributed by atoms with Crippen molar-refractivity contribution in [2.24, 2.45) is 0 Å². The molecule has 1 fully saturated rings. The molecule has 2 amide bonds. The van der Waals surface area contributed by atoms with Crippen molar-refractivity contribution in [1.82, 2.24) is 19.7 Å². The van der Waals surface area contributed by atoms with Gasteiger partial charge in [-0.15, -0.1) is 0 Å². The summed E-state index contributed by atoms with van der Waals surface area (Å²) in [6.45, 7) is 8.63. The molecule has 2 aromatic rings. The Morgan fingerprint density at radius 2 is 1.89 bits per heavy atom. The van der Waals surface area contributed by atoms with E-state index < -0.39 is 0 Å². The van der Waals surface area contributed by atoms with Gasteiger partial charge in [0.1, 0.15) is 0 Å². The third kappa shape index (κ3) is 4.45. The molecule has 0 bridgehead atoms. The summed E-state index contributed by atoms with van der Waals surface area (Å²) in [7, 11) is 0. The number of hydrogen-bond acceptors (Lipinski definition) is 4. The number of benzene rings is 1. The lowest BCUT2D eigenvalue weighted by atomic mass is 10.1. The second-order valence-electron chi connectivity index (χ2n) is 6.98. The molecule has 0 N–H and O–H groups in total. The molecular weight excluding hydrogens is 376 g/mol. The Labute approximate surface area is 171 Å². The van der Waals surface area contributed by atoms with Crippen LogP contribution in [-0.2, 0) is 4.79 Å². The van der Waals surface area contributed by atoms with Gasteiger partial charge in [0, 0.05) is 50.9 Å². The number of fused-ring (bicyclic) bond motifs is 1. The van der Waals surface area contributed by atoms with Crippen LogP contribution in [0.5, 0.6) is 0 Å². The van der Waals surface area contributed by atoms with Crippen LogP contribution >= 0.6 is 11.6 Å². The zero-order valence-corrected chi connectivity index (χ0v) is 17.3. The highest BCUT2D eigenvalue weighted by Gasteiger charge is 2.24. The van der Waals surface area contributed by atoms with Crippen molar-refractivity contribution < 1.29 is 9.59 Å². The van der Waals surface area contributed by atoms with E-state index in [-0.39, 0.29) is 11.8 Å². The van der Waals surface area contributed by atoms with Gasteiger partial charge in [0.05, 0.1) is 22.6 Å². The highest BCUT2D eigenvalue weighted by atomic mass is 35.5. The molecule has 0 aliphatic carbocycles. The third-order valence-electron chi connectivity index (χ3n) is 5.30. The van der Waals surface area contributed by atoms with E-state index in [1.54, 1.807) is 18.3 Å². The average Bonchev–Trinajstić information content (AvgIpc) is 2.94. The van der Waals surface area contributed by atoms with Crippen molar-refractivity contribution in [2.75, 3.05) is 45.8 Å². The minimum atomic E-state index is -0.0303. The number of nitrogens with zero attached hydrogens (tertiary/aromatic N) is 4. The van der Waals surface area contributed by atoms with Crippen LogP contribution in [0, 0.1) is 0 Å². The Balaban J connectivity index is 1.70. The topological polar surface area (TPSA) is 56.8 Å². The van der Waals surface area contributed by atoms with Gasteiger partial charge >= 0.3 is 0 Å². The fourth-order valence-electron chi connectivity index (χ4n) is 3.68. The lowest BCUT2D eigenvalue weighted by Crippen LogP contribution is -2.42. The molecule has 0 atom stereocenters. The minimum Gasteiger partial charge on any atom is -0.342 e. The van der Waals surface area contributed by atoms with Gasteiger partial charge in [-0.05, 0) is 44.5 Å². The van der Waals surface area contributed by atoms with Gasteiger partial charge in [-0.25, -0.2) is 0 Å². The molecule has 1 aromatic carbocycles. The third-order valence-corrected chi connectivity index (χ3v) is 5.63. The first-order chi connectivity index (χ1) is 13.5. The standard InChI is InChI=1S/C21H27ClN4O2/c1-3-25(4-2)19(27)15-24-11-6-12-26(14-13-24)21(28)17-8-9-18(22)16-7-5-10-23-20(16)17/h5,7-10H,3-4,6,11-15H2,1-2H3. The van der Waals surface area contributed by atoms with Crippen LogP contribution in [0.2, 0.25) is 5.02 Å². The summed E-state index contributed by atoms with van der Waals surface area (Å²) in [5.41, 5.74) is 1.21. The molecule has 1 aliphatic rings. The van der Waals surface area contributed by atoms with Crippen molar-refractivity contribution in [2.45, 2.75) is 20.3 Å². The highest BCUT2D eigenvalue weighted by Crippen LogP contribution is 2.26. The maximum absolute atomic E-state index is 13.2. The minimum absolute atomic E-state index is 0.0303. The van der Waals surface area contributed by atoms with E-state index in [2.05, 4.69) is 9.88 Å². The first kappa shape index (κ1) is 20.6. The Kier molecular flexibility index (Phi) is 6.86. The van der Waals surface area contributed by atoms with Crippen LogP contribution < -0.4 is 0 Å². The summed E-state index contributed by atoms with van der Waals surface area (Å²) >= 11 is 6.26. The first-order valence-corrected chi connectivity index (χ1v) is 10.3. The summed E-state index contributed by atoms with van der Waals surface area (Å²) in [5.74, 6) is 0.120. The normalized spacial score (nSPS) is 15.5. The fourth-order valence-corrected chi connectivity index (χ4v) is 3.90. The van der Waals surface area contributed by atoms with Crippen molar-refractivity contribution in [3.63, 3.8) is 0 Å². The molecule has 0 unspecified atom stereocenters. The first-order valence-electron chi connectivity index (χ1n) is 9.87. The predicted molar refractivity (Wildman–Crippen MR) is 112 cm³/mol. The number of carbonyl (C=O) groups excluding carboxylic acids is 2. The lowest BCUT2D eigenvalue weighted by Gasteiger charge is -2.25. The SMILES string of the molecule is CCN(CC)C(=O)CN1CCCN(C(=O)c2ccc(Cl)c3cccnc23)CC1. The lowest BCUT2D eigenvalue weighted by molar-refractivity contribution is -0.132. The van der Waals surface area contributed by atoms with Crippen molar-refractivity contribution in [1.29, 1.82) is 0 Å². The average molecular weight is 403 g/mol. The second kappa shape index (κ2) is 9.34. The summed E-state index contributed by atoms with van der Waals surface area (Å²) in [6, 6.07) is 7.21. The van der Waals surface area contributed by atoms with Crippen molar-refractivity contribution in [3.8, 4) is 0 Å². The maximum Gasteiger partial charge on any atom is 0.256 e. The smallest absolute Gasteiger partial charge is 0.256 e. The van der Waals surface area contributed by atoms with Crippen molar-refractivity contribution in [3.05, 3.63) is 41.0 Å². The van der Waals surface area contributed by atoms with Gasteiger partial charge in [-0.2, -0.15) is 0 Å². The van der Waals surface area contributed by atoms with E-state index in [4.69, 9.17) is 11.6 Å². The van der Waals surface area contributed by atoms with Crippen LogP contribution in [0.1, 0.15) is 30.6 Å². The molecule has 0 spiro atoms. The van der Waals surface area contributed by atoms with Crippen LogP contribution in [-0.4, -0.2) is 77.3 Å². The molecule has 6 nitrogen and oxygen atoms in total. The molecule has 0 saturated carbocycles. The number of carbonyl (C=O) groups is 2. The molecule has 1 saturated heterocycles. The predicted octanol–water partition coefficient (Wildman–Crippen LogP) is 2.90. The van der Waals surface area contributed by atoms with E-state index in [0.29, 0.717) is 42.3 Å². The zero-order valence-electron chi connectivity index (χ0n) is 16.5. The summed E-state index contributed by atoms with van der Waals surface area (Å²) in [4.78, 5) is 35.8. The number of likely N-dealkylation sites (N-methyl/N-ethyl adjacent to an activating group) is 1. The van der Waals surface area contributed by atoms with Crippen LogP contribution in [0.25, 0.3) is 10.9 Å². The fraction of sp³-hybridized carbons (Fsp3) is 0.476. The van der Waals surface area contributed by atoms with Gasteiger partial charge < -0.3 is 9.80 Å². The second-order valence-corrected chi connectivity index (χ2v) is 7.39. The highest BCUT2D eigenvalue weighted by molar-refractivity contribution is 6.36. The van der Waals surface area contributed by atoms with E-state index >= 15 is 0 Å². The Morgan fingerprint density at radius 1 is 1.11 bits per heavy atom. The molecule has 28 heavy (non-hydrogen) atoms. The molecule has 1 aromatic heterocycles. The summed E-state index contributed by atoms with van der Waals surface area (Å²) < 4.78 is 0. The maximum atomic E-state index is 13.2. The molecule has 3 rings (SSSR count). The number of hydrogen-bond donors (Lipinski definition) is 0. The Bertz CT molecular complexity index is 853. The summed E-state index contributed by atoms with van der Waals surface area (Å²) in [5, 5.41) is 1.38. The van der Waals surface area contributed by atoms with Crippen LogP contribution in [0.3, 0.4) is 0 Å². The Morgan fingerprint density at radius 3 is 2.64 bits per heavy atom. The van der Waals surface area contributed by atoms with Gasteiger partial charge in [0.15, 0.2) is 0 Å². The molecule has 2 heterocycles. The molecule has 150 valence electrons. The largest absolute Gasteiger partial charge is 0.342 e. The molecular formula is C21H27ClN4O2. The van der Waals surface area contributed by atoms with Crippen LogP contribution in [0.4, 0.5) is 0 Å². The number of halogens is 1. The van der Waals surface area contributed by atoms with E-state index in [1.807, 2.05) is 35.8 Å². The molecule has 7 heteroatoms. The van der Waals surface area contributed by atoms with E-state index in [1.165, 1.54) is 0 Å². The van der Waals surface area contributed by atoms with E-state index in [0.717, 1.165) is 31.4 Å². The quantitative estimate of drug-likeness (QED) is 0.771. The zero-order chi connectivity index (χ0) is 20.1. The van der Waals surface area contributed by atoms with Gasteiger partial charge in [-0.1, -0.05) is 11.6 Å². The molecule has 0 radical (unpaired) electrons. The number of aromatic nitrogens is 1. The van der Waals surface area contributed by atoms with Gasteiger partial charge in [0.25, 0.3) is 5.91 Å². The monoisotopic (exact) mass is 402 g/mol. The van der Waals surface area contributed by atoms with Crippen molar-refractivity contribution >= 4 is 34.3 Å². The summed E-state index contributed by atoms with van der Waals surface area (Å²) in [6.07, 6.45) is 2.52.